The summed E-state index contributed by atoms with van der Waals surface area (Å²) in [6, 6.07) is 15.4. The molecule has 0 saturated carbocycles. The second-order valence-electron chi connectivity index (χ2n) is 7.84. The first-order chi connectivity index (χ1) is 15.3. The summed E-state index contributed by atoms with van der Waals surface area (Å²) in [5.41, 5.74) is 3.72. The molecular formula is C25H16BrCl2NO3. The van der Waals surface area contributed by atoms with E-state index in [1.54, 1.807) is 29.2 Å². The number of amides is 1. The zero-order valence-corrected chi connectivity index (χ0v) is 20.2. The van der Waals surface area contributed by atoms with Crippen molar-refractivity contribution in [3.63, 3.8) is 0 Å². The van der Waals surface area contributed by atoms with E-state index in [-0.39, 0.29) is 17.1 Å². The van der Waals surface area contributed by atoms with Gasteiger partial charge in [0, 0.05) is 10.2 Å². The fourth-order valence-electron chi connectivity index (χ4n) is 4.12. The van der Waals surface area contributed by atoms with Gasteiger partial charge in [-0.1, -0.05) is 51.3 Å². The summed E-state index contributed by atoms with van der Waals surface area (Å²) in [5.74, 6) is -0.340. The second kappa shape index (κ2) is 7.77. The number of fused-ring (bicyclic) bond motifs is 2. The molecule has 1 unspecified atom stereocenters. The summed E-state index contributed by atoms with van der Waals surface area (Å²) in [4.78, 5) is 28.9. The Morgan fingerprint density at radius 1 is 0.938 bits per heavy atom. The molecule has 0 radical (unpaired) electrons. The summed E-state index contributed by atoms with van der Waals surface area (Å²) in [6.07, 6.45) is 0. The van der Waals surface area contributed by atoms with Gasteiger partial charge in [0.1, 0.15) is 5.58 Å². The normalized spacial score (nSPS) is 15.5. The summed E-state index contributed by atoms with van der Waals surface area (Å²) in [6.45, 7) is 3.88. The number of nitrogens with zero attached hydrogens (tertiary/aromatic N) is 1. The third kappa shape index (κ3) is 3.27. The van der Waals surface area contributed by atoms with E-state index in [1.165, 1.54) is 0 Å². The molecule has 0 N–H and O–H groups in total. The highest BCUT2D eigenvalue weighted by molar-refractivity contribution is 9.10. The maximum atomic E-state index is 13.7. The van der Waals surface area contributed by atoms with Crippen molar-refractivity contribution in [2.75, 3.05) is 4.90 Å². The van der Waals surface area contributed by atoms with E-state index in [2.05, 4.69) is 15.9 Å². The lowest BCUT2D eigenvalue weighted by atomic mass is 9.97. The van der Waals surface area contributed by atoms with Gasteiger partial charge in [0.15, 0.2) is 5.43 Å². The third-order valence-electron chi connectivity index (χ3n) is 5.83. The standard InChI is InChI=1S/C25H16BrCl2NO3/c1-12-8-17-20(9-13(12)2)32-24-21(23(17)30)22(14-6-7-18(27)19(28)10-14)29(25(24)31)16-5-3-4-15(26)11-16/h3-11,22H,1-2H3. The van der Waals surface area contributed by atoms with Crippen molar-refractivity contribution in [3.8, 4) is 0 Å². The van der Waals surface area contributed by atoms with E-state index in [0.29, 0.717) is 37.8 Å². The first kappa shape index (κ1) is 21.3. The minimum absolute atomic E-state index is 0.0433. The highest BCUT2D eigenvalue weighted by Crippen LogP contribution is 2.43. The number of hydrogen-bond donors (Lipinski definition) is 0. The minimum Gasteiger partial charge on any atom is -0.450 e. The van der Waals surface area contributed by atoms with Crippen molar-refractivity contribution >= 4 is 61.7 Å². The predicted octanol–water partition coefficient (Wildman–Crippen LogP) is 7.23. The number of carbonyl (C=O) groups excluding carboxylic acids is 1. The van der Waals surface area contributed by atoms with Crippen LogP contribution in [0.15, 0.2) is 68.3 Å². The van der Waals surface area contributed by atoms with Crippen molar-refractivity contribution in [1.82, 2.24) is 0 Å². The topological polar surface area (TPSA) is 50.5 Å². The van der Waals surface area contributed by atoms with Crippen LogP contribution in [0.2, 0.25) is 10.0 Å². The van der Waals surface area contributed by atoms with Crippen LogP contribution >= 0.6 is 39.1 Å². The van der Waals surface area contributed by atoms with Gasteiger partial charge in [0.05, 0.1) is 27.0 Å². The molecule has 32 heavy (non-hydrogen) atoms. The van der Waals surface area contributed by atoms with Crippen LogP contribution in [0, 0.1) is 13.8 Å². The SMILES string of the molecule is Cc1cc2oc3c(c(=O)c2cc1C)C(c1ccc(Cl)c(Cl)c1)N(c1cccc(Br)c1)C3=O. The Morgan fingerprint density at radius 3 is 2.41 bits per heavy atom. The molecule has 1 aromatic heterocycles. The molecule has 1 aliphatic heterocycles. The van der Waals surface area contributed by atoms with Gasteiger partial charge in [0.2, 0.25) is 5.76 Å². The van der Waals surface area contributed by atoms with Crippen LogP contribution < -0.4 is 10.3 Å². The van der Waals surface area contributed by atoms with Crippen LogP contribution in [-0.4, -0.2) is 5.91 Å². The van der Waals surface area contributed by atoms with Crippen molar-refractivity contribution < 1.29 is 9.21 Å². The zero-order chi connectivity index (χ0) is 22.7. The van der Waals surface area contributed by atoms with E-state index in [0.717, 1.165) is 15.6 Å². The van der Waals surface area contributed by atoms with Crippen molar-refractivity contribution in [1.29, 1.82) is 0 Å². The molecule has 0 aliphatic carbocycles. The molecule has 160 valence electrons. The van der Waals surface area contributed by atoms with Crippen LogP contribution in [0.25, 0.3) is 11.0 Å². The van der Waals surface area contributed by atoms with E-state index in [9.17, 15) is 9.59 Å². The van der Waals surface area contributed by atoms with Crippen LogP contribution in [0.4, 0.5) is 5.69 Å². The molecule has 1 aliphatic rings. The minimum atomic E-state index is -0.705. The van der Waals surface area contributed by atoms with Crippen molar-refractivity contribution in [2.24, 2.45) is 0 Å². The van der Waals surface area contributed by atoms with Crippen LogP contribution in [0.5, 0.6) is 0 Å². The predicted molar refractivity (Wildman–Crippen MR) is 131 cm³/mol. The fourth-order valence-corrected chi connectivity index (χ4v) is 4.81. The highest BCUT2D eigenvalue weighted by Gasteiger charge is 2.43. The Labute approximate surface area is 202 Å². The Morgan fingerprint density at radius 2 is 1.69 bits per heavy atom. The van der Waals surface area contributed by atoms with Gasteiger partial charge in [-0.25, -0.2) is 0 Å². The molecule has 4 aromatic rings. The number of hydrogen-bond acceptors (Lipinski definition) is 3. The van der Waals surface area contributed by atoms with Crippen LogP contribution in [-0.2, 0) is 0 Å². The lowest BCUT2D eigenvalue weighted by Crippen LogP contribution is -2.29. The Kier molecular flexibility index (Phi) is 5.16. The van der Waals surface area contributed by atoms with Gasteiger partial charge in [-0.15, -0.1) is 0 Å². The molecule has 1 atom stereocenters. The van der Waals surface area contributed by atoms with E-state index >= 15 is 0 Å². The monoisotopic (exact) mass is 527 g/mol. The number of halogens is 3. The molecule has 3 aromatic carbocycles. The number of benzene rings is 3. The maximum Gasteiger partial charge on any atom is 0.295 e. The Hall–Kier alpha value is -2.60. The zero-order valence-electron chi connectivity index (χ0n) is 17.1. The summed E-state index contributed by atoms with van der Waals surface area (Å²) >= 11 is 15.9. The maximum absolute atomic E-state index is 13.7. The first-order valence-electron chi connectivity index (χ1n) is 9.88. The number of anilines is 1. The average molecular weight is 529 g/mol. The van der Waals surface area contributed by atoms with Gasteiger partial charge < -0.3 is 4.42 Å². The molecule has 7 heteroatoms. The molecule has 0 spiro atoms. The molecule has 5 rings (SSSR count). The van der Waals surface area contributed by atoms with Gasteiger partial charge in [-0.3, -0.25) is 14.5 Å². The molecule has 0 bridgehead atoms. The van der Waals surface area contributed by atoms with Gasteiger partial charge >= 0.3 is 0 Å². The number of aryl methyl sites for hydroxylation is 2. The van der Waals surface area contributed by atoms with E-state index in [4.69, 9.17) is 27.6 Å². The smallest absolute Gasteiger partial charge is 0.295 e. The van der Waals surface area contributed by atoms with Gasteiger partial charge in [-0.2, -0.15) is 0 Å². The van der Waals surface area contributed by atoms with Crippen LogP contribution in [0.3, 0.4) is 0 Å². The number of carbonyl (C=O) groups is 1. The Bertz CT molecular complexity index is 1500. The summed E-state index contributed by atoms with van der Waals surface area (Å²) < 4.78 is 6.87. The average Bonchev–Trinajstić information content (AvgIpc) is 3.04. The lowest BCUT2D eigenvalue weighted by Gasteiger charge is -2.25. The molecule has 2 heterocycles. The molecular weight excluding hydrogens is 513 g/mol. The Balaban J connectivity index is 1.84. The highest BCUT2D eigenvalue weighted by atomic mass is 79.9. The summed E-state index contributed by atoms with van der Waals surface area (Å²) in [7, 11) is 0. The van der Waals surface area contributed by atoms with Gasteiger partial charge in [-0.05, 0) is 73.0 Å². The molecule has 4 nitrogen and oxygen atoms in total. The largest absolute Gasteiger partial charge is 0.450 e. The van der Waals surface area contributed by atoms with E-state index in [1.807, 2.05) is 44.2 Å². The summed E-state index contributed by atoms with van der Waals surface area (Å²) in [5, 5.41) is 1.18. The van der Waals surface area contributed by atoms with Crippen molar-refractivity contribution in [3.05, 3.63) is 107 Å². The third-order valence-corrected chi connectivity index (χ3v) is 7.06. The molecule has 0 fully saturated rings. The fraction of sp³-hybridized carbons (Fsp3) is 0.120. The first-order valence-corrected chi connectivity index (χ1v) is 11.4. The quantitative estimate of drug-likeness (QED) is 0.276. The second-order valence-corrected chi connectivity index (χ2v) is 9.57. The van der Waals surface area contributed by atoms with E-state index < -0.39 is 6.04 Å². The molecule has 0 saturated heterocycles. The molecule has 1 amide bonds. The van der Waals surface area contributed by atoms with Gasteiger partial charge in [0.25, 0.3) is 5.91 Å². The van der Waals surface area contributed by atoms with Crippen LogP contribution in [0.1, 0.15) is 38.9 Å². The lowest BCUT2D eigenvalue weighted by molar-refractivity contribution is 0.0971. The number of rotatable bonds is 2. The van der Waals surface area contributed by atoms with Crippen molar-refractivity contribution in [2.45, 2.75) is 19.9 Å².